The smallest absolute Gasteiger partial charge is 0.223 e. The molecule has 4 heteroatoms. The first kappa shape index (κ1) is 14.5. The van der Waals surface area contributed by atoms with Crippen molar-refractivity contribution in [3.8, 4) is 0 Å². The molecule has 0 aromatic carbocycles. The third-order valence-corrected chi connectivity index (χ3v) is 3.95. The van der Waals surface area contributed by atoms with Crippen LogP contribution in [0.2, 0.25) is 0 Å². The van der Waals surface area contributed by atoms with Crippen molar-refractivity contribution >= 4 is 5.91 Å². The van der Waals surface area contributed by atoms with Crippen LogP contribution < -0.4 is 11.1 Å². The van der Waals surface area contributed by atoms with E-state index in [-0.39, 0.29) is 30.0 Å². The largest absolute Gasteiger partial charge is 0.396 e. The maximum absolute atomic E-state index is 12.1. The lowest BCUT2D eigenvalue weighted by Gasteiger charge is -2.33. The fourth-order valence-corrected chi connectivity index (χ4v) is 2.44. The molecule has 4 N–H and O–H groups in total. The Morgan fingerprint density at radius 2 is 2.24 bits per heavy atom. The van der Waals surface area contributed by atoms with Gasteiger partial charge >= 0.3 is 0 Å². The summed E-state index contributed by atoms with van der Waals surface area (Å²) in [5.41, 5.74) is 5.61. The van der Waals surface area contributed by atoms with Crippen molar-refractivity contribution in [1.82, 2.24) is 5.32 Å². The van der Waals surface area contributed by atoms with Gasteiger partial charge in [0.1, 0.15) is 0 Å². The average molecular weight is 242 g/mol. The molecule has 3 atom stereocenters. The fraction of sp³-hybridized carbons (Fsp3) is 0.923. The first-order valence-electron chi connectivity index (χ1n) is 6.69. The van der Waals surface area contributed by atoms with Crippen molar-refractivity contribution in [3.05, 3.63) is 0 Å². The van der Waals surface area contributed by atoms with Crippen molar-refractivity contribution in [3.63, 3.8) is 0 Å². The summed E-state index contributed by atoms with van der Waals surface area (Å²) in [5.74, 6) is 0.168. The van der Waals surface area contributed by atoms with E-state index >= 15 is 0 Å². The molecule has 100 valence electrons. The Balaban J connectivity index is 2.51. The molecule has 3 unspecified atom stereocenters. The number of hydrogen-bond donors (Lipinski definition) is 3. The minimum atomic E-state index is -0.284. The number of hydrogen-bond acceptors (Lipinski definition) is 3. The monoisotopic (exact) mass is 242 g/mol. The summed E-state index contributed by atoms with van der Waals surface area (Å²) in [6.45, 7) is 4.13. The van der Waals surface area contributed by atoms with Crippen molar-refractivity contribution in [2.75, 3.05) is 6.61 Å². The first-order chi connectivity index (χ1) is 8.00. The van der Waals surface area contributed by atoms with Gasteiger partial charge in [0, 0.05) is 24.1 Å². The maximum atomic E-state index is 12.1. The lowest BCUT2D eigenvalue weighted by Crippen LogP contribution is -2.49. The molecule has 1 aliphatic rings. The highest BCUT2D eigenvalue weighted by atomic mass is 16.3. The molecule has 0 aromatic heterocycles. The normalized spacial score (nSPS) is 28.5. The second-order valence-corrected chi connectivity index (χ2v) is 5.50. The molecule has 1 amide bonds. The Morgan fingerprint density at radius 1 is 1.53 bits per heavy atom. The van der Waals surface area contributed by atoms with E-state index < -0.39 is 0 Å². The topological polar surface area (TPSA) is 75.3 Å². The van der Waals surface area contributed by atoms with Gasteiger partial charge in [0.25, 0.3) is 0 Å². The predicted octanol–water partition coefficient (Wildman–Crippen LogP) is 1.17. The van der Waals surface area contributed by atoms with Gasteiger partial charge in [0.05, 0.1) is 0 Å². The molecule has 0 aliphatic heterocycles. The first-order valence-corrected chi connectivity index (χ1v) is 6.69. The van der Waals surface area contributed by atoms with Crippen LogP contribution >= 0.6 is 0 Å². The van der Waals surface area contributed by atoms with E-state index in [0.717, 1.165) is 32.1 Å². The summed E-state index contributed by atoms with van der Waals surface area (Å²) in [6.07, 6.45) is 5.25. The van der Waals surface area contributed by atoms with Gasteiger partial charge in [-0.15, -0.1) is 0 Å². The summed E-state index contributed by atoms with van der Waals surface area (Å²) >= 11 is 0. The number of carbonyl (C=O) groups excluding carboxylic acids is 1. The van der Waals surface area contributed by atoms with Gasteiger partial charge in [-0.25, -0.2) is 0 Å². The van der Waals surface area contributed by atoms with Crippen LogP contribution in [0.15, 0.2) is 0 Å². The van der Waals surface area contributed by atoms with Crippen molar-refractivity contribution in [2.45, 2.75) is 64.0 Å². The van der Waals surface area contributed by atoms with E-state index in [1.807, 2.05) is 13.8 Å². The van der Waals surface area contributed by atoms with Gasteiger partial charge in [-0.3, -0.25) is 4.79 Å². The molecule has 0 aromatic rings. The predicted molar refractivity (Wildman–Crippen MR) is 68.5 cm³/mol. The van der Waals surface area contributed by atoms with Crippen LogP contribution in [0.1, 0.15) is 52.4 Å². The molecule has 0 radical (unpaired) electrons. The summed E-state index contributed by atoms with van der Waals surface area (Å²) in [7, 11) is 0. The second kappa shape index (κ2) is 6.36. The number of aliphatic hydroxyl groups excluding tert-OH is 1. The quantitative estimate of drug-likeness (QED) is 0.677. The van der Waals surface area contributed by atoms with E-state index in [1.54, 1.807) is 0 Å². The zero-order valence-electron chi connectivity index (χ0n) is 11.0. The van der Waals surface area contributed by atoms with Crippen LogP contribution in [0.5, 0.6) is 0 Å². The number of aliphatic hydroxyl groups is 1. The maximum Gasteiger partial charge on any atom is 0.223 e. The summed E-state index contributed by atoms with van der Waals surface area (Å²) in [4.78, 5) is 12.1. The molecule has 0 bridgehead atoms. The number of carbonyl (C=O) groups is 1. The van der Waals surface area contributed by atoms with E-state index in [2.05, 4.69) is 5.32 Å². The number of nitrogens with one attached hydrogen (secondary N) is 1. The summed E-state index contributed by atoms with van der Waals surface area (Å²) in [6, 6.07) is 0.172. The minimum absolute atomic E-state index is 0.0586. The number of rotatable bonds is 5. The lowest BCUT2D eigenvalue weighted by atomic mass is 9.84. The minimum Gasteiger partial charge on any atom is -0.396 e. The molecule has 0 heterocycles. The summed E-state index contributed by atoms with van der Waals surface area (Å²) < 4.78 is 0. The average Bonchev–Trinajstić information content (AvgIpc) is 2.29. The Hall–Kier alpha value is -0.610. The molecular formula is C13H26N2O2. The molecule has 17 heavy (non-hydrogen) atoms. The second-order valence-electron chi connectivity index (χ2n) is 5.50. The van der Waals surface area contributed by atoms with Crippen LogP contribution in [0.4, 0.5) is 0 Å². The molecular weight excluding hydrogens is 216 g/mol. The highest BCUT2D eigenvalue weighted by Crippen LogP contribution is 2.24. The molecule has 1 aliphatic carbocycles. The molecule has 1 rings (SSSR count). The Bertz CT molecular complexity index is 258. The van der Waals surface area contributed by atoms with Gasteiger partial charge in [0.2, 0.25) is 5.91 Å². The Kier molecular flexibility index (Phi) is 5.40. The van der Waals surface area contributed by atoms with E-state index in [9.17, 15) is 4.79 Å². The SMILES string of the molecule is CCC(C)(CCO)NC(=O)C1CCCC(N)C1. The van der Waals surface area contributed by atoms with Crippen LogP contribution in [-0.2, 0) is 4.79 Å². The summed E-state index contributed by atoms with van der Waals surface area (Å²) in [5, 5.41) is 12.1. The zero-order chi connectivity index (χ0) is 12.9. The third-order valence-electron chi connectivity index (χ3n) is 3.95. The lowest BCUT2D eigenvalue weighted by molar-refractivity contribution is -0.128. The molecule has 0 spiro atoms. The van der Waals surface area contributed by atoms with Crippen molar-refractivity contribution in [1.29, 1.82) is 0 Å². The van der Waals surface area contributed by atoms with Gasteiger partial charge in [-0.1, -0.05) is 13.3 Å². The van der Waals surface area contributed by atoms with Gasteiger partial charge in [-0.05, 0) is 39.0 Å². The van der Waals surface area contributed by atoms with Crippen LogP contribution in [0, 0.1) is 5.92 Å². The third kappa shape index (κ3) is 4.28. The van der Waals surface area contributed by atoms with Gasteiger partial charge in [0.15, 0.2) is 0 Å². The van der Waals surface area contributed by atoms with Crippen molar-refractivity contribution < 1.29 is 9.90 Å². The van der Waals surface area contributed by atoms with Gasteiger partial charge in [-0.2, -0.15) is 0 Å². The molecule has 0 saturated heterocycles. The standard InChI is InChI=1S/C13H26N2O2/c1-3-13(2,7-8-16)15-12(17)10-5-4-6-11(14)9-10/h10-11,16H,3-9,14H2,1-2H3,(H,15,17). The Labute approximate surface area is 104 Å². The Morgan fingerprint density at radius 3 is 2.76 bits per heavy atom. The number of nitrogens with two attached hydrogens (primary N) is 1. The van der Waals surface area contributed by atoms with E-state index in [0.29, 0.717) is 6.42 Å². The van der Waals surface area contributed by atoms with Gasteiger partial charge < -0.3 is 16.2 Å². The molecule has 1 saturated carbocycles. The highest BCUT2D eigenvalue weighted by Gasteiger charge is 2.30. The molecule has 4 nitrogen and oxygen atoms in total. The van der Waals surface area contributed by atoms with E-state index in [1.165, 1.54) is 0 Å². The number of amides is 1. The molecule has 1 fully saturated rings. The highest BCUT2D eigenvalue weighted by molar-refractivity contribution is 5.79. The van der Waals surface area contributed by atoms with E-state index in [4.69, 9.17) is 10.8 Å². The van der Waals surface area contributed by atoms with Crippen LogP contribution in [-0.4, -0.2) is 29.2 Å². The van der Waals surface area contributed by atoms with Crippen LogP contribution in [0.3, 0.4) is 0 Å². The van der Waals surface area contributed by atoms with Crippen LogP contribution in [0.25, 0.3) is 0 Å². The van der Waals surface area contributed by atoms with Crippen molar-refractivity contribution in [2.24, 2.45) is 11.7 Å². The fourth-order valence-electron chi connectivity index (χ4n) is 2.44. The zero-order valence-corrected chi connectivity index (χ0v) is 11.0.